The number of benzene rings is 1. The number of rotatable bonds is 6. The Morgan fingerprint density at radius 3 is 2.75 bits per heavy atom. The van der Waals surface area contributed by atoms with Gasteiger partial charge in [-0.05, 0) is 24.5 Å². The van der Waals surface area contributed by atoms with Gasteiger partial charge in [-0.15, -0.1) is 10.2 Å². The van der Waals surface area contributed by atoms with Gasteiger partial charge in [0.15, 0.2) is 0 Å². The van der Waals surface area contributed by atoms with Crippen LogP contribution in [0.5, 0.6) is 0 Å². The average Bonchev–Trinajstić information content (AvgIpc) is 3.35. The maximum Gasteiger partial charge on any atom is 0.206 e. The maximum atomic E-state index is 4.69. The topological polar surface area (TPSA) is 55.6 Å². The molecule has 0 amide bonds. The Hall–Kier alpha value is -2.21. The van der Waals surface area contributed by atoms with E-state index in [4.69, 9.17) is 5.10 Å². The molecule has 6 heteroatoms. The first-order valence-electron chi connectivity index (χ1n) is 8.51. The molecule has 0 spiro atoms. The van der Waals surface area contributed by atoms with Gasteiger partial charge in [0, 0.05) is 12.6 Å². The van der Waals surface area contributed by atoms with Crippen LogP contribution in [0.3, 0.4) is 0 Å². The van der Waals surface area contributed by atoms with Gasteiger partial charge in [-0.2, -0.15) is 5.10 Å². The van der Waals surface area contributed by atoms with Crippen LogP contribution >= 0.6 is 11.3 Å². The number of hydrogen-bond donors (Lipinski definition) is 1. The van der Waals surface area contributed by atoms with Crippen molar-refractivity contribution in [2.45, 2.75) is 44.7 Å². The molecule has 24 heavy (non-hydrogen) atoms. The molecule has 0 radical (unpaired) electrons. The SMILES string of the molecule is c1ccc(Cc2nnc(NCc3ccn(C4CCCC4)n3)s2)cc1. The Balaban J connectivity index is 1.33. The number of aromatic nitrogens is 4. The molecule has 1 fully saturated rings. The molecule has 0 saturated heterocycles. The molecule has 0 aliphatic heterocycles. The molecule has 0 atom stereocenters. The lowest BCUT2D eigenvalue weighted by Crippen LogP contribution is -2.07. The Kier molecular flexibility index (Phi) is 4.55. The predicted octanol–water partition coefficient (Wildman–Crippen LogP) is 4.05. The Bertz CT molecular complexity index is 774. The third-order valence-corrected chi connectivity index (χ3v) is 5.33. The molecular formula is C18H21N5S. The highest BCUT2D eigenvalue weighted by Crippen LogP contribution is 2.28. The Morgan fingerprint density at radius 1 is 1.08 bits per heavy atom. The molecule has 0 unspecified atom stereocenters. The second-order valence-electron chi connectivity index (χ2n) is 6.24. The van der Waals surface area contributed by atoms with Gasteiger partial charge in [0.1, 0.15) is 5.01 Å². The fourth-order valence-electron chi connectivity index (χ4n) is 3.18. The van der Waals surface area contributed by atoms with Crippen LogP contribution in [0.15, 0.2) is 42.6 Å². The van der Waals surface area contributed by atoms with Crippen molar-refractivity contribution in [1.29, 1.82) is 0 Å². The van der Waals surface area contributed by atoms with E-state index >= 15 is 0 Å². The van der Waals surface area contributed by atoms with Crippen molar-refractivity contribution < 1.29 is 0 Å². The second-order valence-corrected chi connectivity index (χ2v) is 7.30. The molecule has 1 aliphatic rings. The Morgan fingerprint density at radius 2 is 1.92 bits per heavy atom. The van der Waals surface area contributed by atoms with E-state index in [-0.39, 0.29) is 0 Å². The van der Waals surface area contributed by atoms with Crippen molar-refractivity contribution in [1.82, 2.24) is 20.0 Å². The van der Waals surface area contributed by atoms with E-state index in [1.54, 1.807) is 11.3 Å². The van der Waals surface area contributed by atoms with Crippen molar-refractivity contribution in [3.63, 3.8) is 0 Å². The van der Waals surface area contributed by atoms with Gasteiger partial charge in [0.2, 0.25) is 5.13 Å². The van der Waals surface area contributed by atoms with Crippen LogP contribution in [-0.2, 0) is 13.0 Å². The number of nitrogens with one attached hydrogen (secondary N) is 1. The van der Waals surface area contributed by atoms with Crippen molar-refractivity contribution >= 4 is 16.5 Å². The largest absolute Gasteiger partial charge is 0.354 e. The number of anilines is 1. The molecule has 1 aromatic carbocycles. The first-order valence-corrected chi connectivity index (χ1v) is 9.33. The van der Waals surface area contributed by atoms with E-state index in [0.29, 0.717) is 12.6 Å². The summed E-state index contributed by atoms with van der Waals surface area (Å²) in [5.74, 6) is 0. The quantitative estimate of drug-likeness (QED) is 0.736. The molecule has 0 bridgehead atoms. The van der Waals surface area contributed by atoms with Gasteiger partial charge in [-0.1, -0.05) is 54.5 Å². The van der Waals surface area contributed by atoms with Crippen LogP contribution in [-0.4, -0.2) is 20.0 Å². The third kappa shape index (κ3) is 3.64. The second kappa shape index (κ2) is 7.13. The molecule has 124 valence electrons. The summed E-state index contributed by atoms with van der Waals surface area (Å²) >= 11 is 1.61. The van der Waals surface area contributed by atoms with Crippen LogP contribution in [0.4, 0.5) is 5.13 Å². The first-order chi connectivity index (χ1) is 11.9. The van der Waals surface area contributed by atoms with Gasteiger partial charge in [-0.3, -0.25) is 4.68 Å². The van der Waals surface area contributed by atoms with Crippen LogP contribution in [0.1, 0.15) is 48.0 Å². The molecule has 4 rings (SSSR count). The van der Waals surface area contributed by atoms with Gasteiger partial charge in [0.05, 0.1) is 18.3 Å². The average molecular weight is 339 g/mol. The lowest BCUT2D eigenvalue weighted by atomic mass is 10.2. The van der Waals surface area contributed by atoms with Crippen molar-refractivity contribution in [2.75, 3.05) is 5.32 Å². The molecule has 2 heterocycles. The van der Waals surface area contributed by atoms with Crippen LogP contribution in [0, 0.1) is 0 Å². The lowest BCUT2D eigenvalue weighted by molar-refractivity contribution is 0.463. The summed E-state index contributed by atoms with van der Waals surface area (Å²) in [5.41, 5.74) is 2.32. The minimum absolute atomic E-state index is 0.595. The molecule has 1 N–H and O–H groups in total. The van der Waals surface area contributed by atoms with E-state index in [0.717, 1.165) is 22.3 Å². The third-order valence-electron chi connectivity index (χ3n) is 4.45. The maximum absolute atomic E-state index is 4.69. The highest BCUT2D eigenvalue weighted by Gasteiger charge is 2.17. The summed E-state index contributed by atoms with van der Waals surface area (Å²) in [6, 6.07) is 13.1. The molecule has 5 nitrogen and oxygen atoms in total. The van der Waals surface area contributed by atoms with Crippen molar-refractivity contribution in [2.24, 2.45) is 0 Å². The Labute approximate surface area is 145 Å². The van der Waals surface area contributed by atoms with Gasteiger partial charge in [0.25, 0.3) is 0 Å². The van der Waals surface area contributed by atoms with E-state index in [9.17, 15) is 0 Å². The van der Waals surface area contributed by atoms with E-state index in [1.165, 1.54) is 31.2 Å². The summed E-state index contributed by atoms with van der Waals surface area (Å²) in [6.07, 6.45) is 8.10. The zero-order valence-electron chi connectivity index (χ0n) is 13.6. The van der Waals surface area contributed by atoms with E-state index < -0.39 is 0 Å². The number of nitrogens with zero attached hydrogens (tertiary/aromatic N) is 4. The predicted molar refractivity (Wildman–Crippen MR) is 96.2 cm³/mol. The normalized spacial score (nSPS) is 15.0. The summed E-state index contributed by atoms with van der Waals surface area (Å²) in [4.78, 5) is 0. The molecule has 3 aromatic rings. The first kappa shape index (κ1) is 15.3. The van der Waals surface area contributed by atoms with Crippen LogP contribution in [0.25, 0.3) is 0 Å². The molecule has 1 saturated carbocycles. The fraction of sp³-hybridized carbons (Fsp3) is 0.389. The van der Waals surface area contributed by atoms with Gasteiger partial charge >= 0.3 is 0 Å². The minimum Gasteiger partial charge on any atom is -0.354 e. The van der Waals surface area contributed by atoms with Crippen molar-refractivity contribution in [3.8, 4) is 0 Å². The minimum atomic E-state index is 0.595. The van der Waals surface area contributed by atoms with E-state index in [1.807, 2.05) is 6.07 Å². The van der Waals surface area contributed by atoms with Gasteiger partial charge < -0.3 is 5.32 Å². The number of hydrogen-bond acceptors (Lipinski definition) is 5. The summed E-state index contributed by atoms with van der Waals surface area (Å²) < 4.78 is 2.13. The highest BCUT2D eigenvalue weighted by atomic mass is 32.1. The zero-order valence-corrected chi connectivity index (χ0v) is 14.4. The smallest absolute Gasteiger partial charge is 0.206 e. The fourth-order valence-corrected chi connectivity index (χ4v) is 3.95. The molecule has 1 aliphatic carbocycles. The summed E-state index contributed by atoms with van der Waals surface area (Å²) in [7, 11) is 0. The standard InChI is InChI=1S/C18H21N5S/c1-2-6-14(7-3-1)12-17-20-21-18(24-17)19-13-15-10-11-23(22-15)16-8-4-5-9-16/h1-3,6-7,10-11,16H,4-5,8-9,12-13H2,(H,19,21). The highest BCUT2D eigenvalue weighted by molar-refractivity contribution is 7.15. The van der Waals surface area contributed by atoms with Gasteiger partial charge in [-0.25, -0.2) is 0 Å². The summed E-state index contributed by atoms with van der Waals surface area (Å²) in [5, 5.41) is 18.4. The molecular weight excluding hydrogens is 318 g/mol. The lowest BCUT2D eigenvalue weighted by Gasteiger charge is -2.08. The zero-order chi connectivity index (χ0) is 16.2. The van der Waals surface area contributed by atoms with Crippen LogP contribution < -0.4 is 5.32 Å². The monoisotopic (exact) mass is 339 g/mol. The summed E-state index contributed by atoms with van der Waals surface area (Å²) in [6.45, 7) is 0.694. The van der Waals surface area contributed by atoms with E-state index in [2.05, 4.69) is 56.7 Å². The molecule has 2 aromatic heterocycles. The van der Waals surface area contributed by atoms with Crippen molar-refractivity contribution in [3.05, 3.63) is 58.9 Å². The van der Waals surface area contributed by atoms with Crippen LogP contribution in [0.2, 0.25) is 0 Å².